The molecule has 2 aromatic carbocycles. The Hall–Kier alpha value is -2.11. The van der Waals surface area contributed by atoms with E-state index in [0.29, 0.717) is 17.9 Å². The molecule has 0 saturated carbocycles. The van der Waals surface area contributed by atoms with Crippen molar-refractivity contribution < 1.29 is 8.42 Å². The number of aromatic amines is 1. The number of fused-ring (bicyclic) bond motifs is 1. The van der Waals surface area contributed by atoms with Crippen molar-refractivity contribution in [1.82, 2.24) is 9.71 Å². The molecule has 3 rings (SSSR count). The van der Waals surface area contributed by atoms with Crippen molar-refractivity contribution in [2.24, 2.45) is 0 Å². The Bertz CT molecular complexity index is 943. The first-order valence-corrected chi connectivity index (χ1v) is 9.09. The number of nitrogens with one attached hydrogen (secondary N) is 2. The second-order valence-electron chi connectivity index (χ2n) is 5.69. The summed E-state index contributed by atoms with van der Waals surface area (Å²) < 4.78 is 27.5. The summed E-state index contributed by atoms with van der Waals surface area (Å²) in [5, 5.41) is 1.15. The molecule has 4 nitrogen and oxygen atoms in total. The number of hydrogen-bond donors (Lipinski definition) is 2. The van der Waals surface area contributed by atoms with Crippen LogP contribution in [0.2, 0.25) is 0 Å². The van der Waals surface area contributed by atoms with Crippen LogP contribution in [0.4, 0.5) is 0 Å². The Morgan fingerprint density at radius 2 is 1.70 bits per heavy atom. The number of aromatic nitrogens is 1. The lowest BCUT2D eigenvalue weighted by Crippen LogP contribution is -2.26. The third-order valence-corrected chi connectivity index (χ3v) is 5.70. The van der Waals surface area contributed by atoms with Crippen molar-refractivity contribution >= 4 is 20.9 Å². The normalized spacial score (nSPS) is 11.9. The highest BCUT2D eigenvalue weighted by atomic mass is 32.2. The predicted octanol–water partition coefficient (Wildman–Crippen LogP) is 3.31. The van der Waals surface area contributed by atoms with Crippen LogP contribution in [-0.2, 0) is 16.4 Å². The van der Waals surface area contributed by atoms with Gasteiger partial charge in [-0.1, -0.05) is 36.4 Å². The van der Waals surface area contributed by atoms with Crippen molar-refractivity contribution in [3.8, 4) is 0 Å². The van der Waals surface area contributed by atoms with E-state index in [1.54, 1.807) is 25.1 Å². The molecule has 0 atom stereocenters. The monoisotopic (exact) mass is 328 g/mol. The molecule has 120 valence electrons. The SMILES string of the molecule is Cc1ccccc1S(=O)(=O)NCCc1c(C)[nH]c2ccccc12. The summed E-state index contributed by atoms with van der Waals surface area (Å²) in [6.07, 6.45) is 0.654. The van der Waals surface area contributed by atoms with Gasteiger partial charge in [0.1, 0.15) is 0 Å². The fourth-order valence-electron chi connectivity index (χ4n) is 2.90. The van der Waals surface area contributed by atoms with Crippen LogP contribution < -0.4 is 4.72 Å². The lowest BCUT2D eigenvalue weighted by atomic mass is 10.1. The van der Waals surface area contributed by atoms with Gasteiger partial charge in [-0.25, -0.2) is 13.1 Å². The number of rotatable bonds is 5. The van der Waals surface area contributed by atoms with Crippen LogP contribution in [0.5, 0.6) is 0 Å². The molecule has 0 bridgehead atoms. The first-order valence-electron chi connectivity index (χ1n) is 7.60. The van der Waals surface area contributed by atoms with Crippen LogP contribution in [0.15, 0.2) is 53.4 Å². The third-order valence-electron chi connectivity index (χ3n) is 4.08. The minimum atomic E-state index is -3.47. The van der Waals surface area contributed by atoms with Gasteiger partial charge in [0.05, 0.1) is 4.90 Å². The summed E-state index contributed by atoms with van der Waals surface area (Å²) in [4.78, 5) is 3.68. The van der Waals surface area contributed by atoms with Crippen molar-refractivity contribution in [3.05, 3.63) is 65.4 Å². The maximum absolute atomic E-state index is 12.4. The van der Waals surface area contributed by atoms with Crippen LogP contribution in [0.3, 0.4) is 0 Å². The summed E-state index contributed by atoms with van der Waals surface area (Å²) in [5.41, 5.74) is 4.08. The van der Waals surface area contributed by atoms with Gasteiger partial charge in [0, 0.05) is 23.1 Å². The van der Waals surface area contributed by atoms with E-state index in [0.717, 1.165) is 27.7 Å². The fraction of sp³-hybridized carbons (Fsp3) is 0.222. The topological polar surface area (TPSA) is 62.0 Å². The zero-order valence-corrected chi connectivity index (χ0v) is 14.1. The molecular formula is C18H20N2O2S. The fourth-order valence-corrected chi connectivity index (χ4v) is 4.18. The van der Waals surface area contributed by atoms with Gasteiger partial charge in [0.15, 0.2) is 0 Å². The Balaban J connectivity index is 1.76. The maximum atomic E-state index is 12.4. The average molecular weight is 328 g/mol. The standard InChI is InChI=1S/C18H20N2O2S/c1-13-7-3-6-10-18(13)23(21,22)19-12-11-15-14(2)20-17-9-5-4-8-16(15)17/h3-10,19-20H,11-12H2,1-2H3. The Morgan fingerprint density at radius 3 is 2.48 bits per heavy atom. The van der Waals surface area contributed by atoms with E-state index < -0.39 is 10.0 Å². The van der Waals surface area contributed by atoms with Gasteiger partial charge >= 0.3 is 0 Å². The highest BCUT2D eigenvalue weighted by molar-refractivity contribution is 7.89. The molecule has 0 amide bonds. The smallest absolute Gasteiger partial charge is 0.240 e. The van der Waals surface area contributed by atoms with Crippen LogP contribution >= 0.6 is 0 Å². The van der Waals surface area contributed by atoms with Crippen molar-refractivity contribution in [1.29, 1.82) is 0 Å². The van der Waals surface area contributed by atoms with Crippen molar-refractivity contribution in [2.45, 2.75) is 25.2 Å². The van der Waals surface area contributed by atoms with Crippen LogP contribution in [0.1, 0.15) is 16.8 Å². The molecule has 1 heterocycles. The number of benzene rings is 2. The second kappa shape index (κ2) is 6.18. The molecule has 0 aliphatic heterocycles. The van der Waals surface area contributed by atoms with E-state index in [1.165, 1.54) is 0 Å². The Labute approximate surface area is 136 Å². The third kappa shape index (κ3) is 3.16. The van der Waals surface area contributed by atoms with Crippen LogP contribution in [-0.4, -0.2) is 19.9 Å². The Morgan fingerprint density at radius 1 is 1.00 bits per heavy atom. The van der Waals surface area contributed by atoms with Gasteiger partial charge in [0.25, 0.3) is 0 Å². The van der Waals surface area contributed by atoms with E-state index in [9.17, 15) is 8.42 Å². The molecular weight excluding hydrogens is 308 g/mol. The number of sulfonamides is 1. The average Bonchev–Trinajstić information content (AvgIpc) is 2.83. The summed E-state index contributed by atoms with van der Waals surface area (Å²) >= 11 is 0. The first kappa shape index (κ1) is 15.8. The van der Waals surface area contributed by atoms with Gasteiger partial charge in [-0.3, -0.25) is 0 Å². The van der Waals surface area contributed by atoms with Crippen LogP contribution in [0.25, 0.3) is 10.9 Å². The minimum Gasteiger partial charge on any atom is -0.358 e. The summed E-state index contributed by atoms with van der Waals surface area (Å²) in [7, 11) is -3.47. The molecule has 0 aliphatic rings. The molecule has 1 aromatic heterocycles. The highest BCUT2D eigenvalue weighted by Gasteiger charge is 2.16. The quantitative estimate of drug-likeness (QED) is 0.755. The van der Waals surface area contributed by atoms with Crippen molar-refractivity contribution in [3.63, 3.8) is 0 Å². The van der Waals surface area contributed by atoms with Gasteiger partial charge in [-0.15, -0.1) is 0 Å². The Kier molecular flexibility index (Phi) is 4.24. The first-order chi connectivity index (χ1) is 11.0. The number of H-pyrrole nitrogens is 1. The summed E-state index contributed by atoms with van der Waals surface area (Å²) in [6, 6.07) is 15.1. The zero-order valence-electron chi connectivity index (χ0n) is 13.3. The van der Waals surface area contributed by atoms with E-state index >= 15 is 0 Å². The minimum absolute atomic E-state index is 0.343. The van der Waals surface area contributed by atoms with Gasteiger partial charge < -0.3 is 4.98 Å². The molecule has 2 N–H and O–H groups in total. The number of hydrogen-bond acceptors (Lipinski definition) is 2. The predicted molar refractivity (Wildman–Crippen MR) is 93.1 cm³/mol. The largest absolute Gasteiger partial charge is 0.358 e. The number of aryl methyl sites for hydroxylation is 2. The van der Waals surface area contributed by atoms with E-state index in [1.807, 2.05) is 31.2 Å². The molecule has 5 heteroatoms. The molecule has 23 heavy (non-hydrogen) atoms. The number of para-hydroxylation sites is 1. The lowest BCUT2D eigenvalue weighted by molar-refractivity contribution is 0.581. The second-order valence-corrected chi connectivity index (χ2v) is 7.42. The molecule has 0 aliphatic carbocycles. The van der Waals surface area contributed by atoms with Crippen LogP contribution in [0, 0.1) is 13.8 Å². The van der Waals surface area contributed by atoms with Gasteiger partial charge in [-0.05, 0) is 43.5 Å². The van der Waals surface area contributed by atoms with Crippen molar-refractivity contribution in [2.75, 3.05) is 6.54 Å². The molecule has 0 saturated heterocycles. The van der Waals surface area contributed by atoms with E-state index in [-0.39, 0.29) is 0 Å². The van der Waals surface area contributed by atoms with Gasteiger partial charge in [-0.2, -0.15) is 0 Å². The summed E-state index contributed by atoms with van der Waals surface area (Å²) in [5.74, 6) is 0. The lowest BCUT2D eigenvalue weighted by Gasteiger charge is -2.09. The molecule has 0 spiro atoms. The van der Waals surface area contributed by atoms with Gasteiger partial charge in [0.2, 0.25) is 10.0 Å². The highest BCUT2D eigenvalue weighted by Crippen LogP contribution is 2.22. The molecule has 3 aromatic rings. The summed E-state index contributed by atoms with van der Waals surface area (Å²) in [6.45, 7) is 4.20. The van der Waals surface area contributed by atoms with E-state index in [4.69, 9.17) is 0 Å². The molecule has 0 unspecified atom stereocenters. The zero-order chi connectivity index (χ0) is 16.4. The van der Waals surface area contributed by atoms with E-state index in [2.05, 4.69) is 15.8 Å². The molecule has 0 radical (unpaired) electrons. The maximum Gasteiger partial charge on any atom is 0.240 e. The molecule has 0 fully saturated rings.